The number of nitriles is 1. The summed E-state index contributed by atoms with van der Waals surface area (Å²) >= 11 is 0. The Labute approximate surface area is 137 Å². The van der Waals surface area contributed by atoms with E-state index in [1.165, 1.54) is 0 Å². The number of hydrogen-bond acceptors (Lipinski definition) is 4. The lowest BCUT2D eigenvalue weighted by Crippen LogP contribution is -2.36. The average molecular weight is 313 g/mol. The number of nitrogens with one attached hydrogen (secondary N) is 1. The van der Waals surface area contributed by atoms with Crippen LogP contribution in [0.5, 0.6) is 0 Å². The van der Waals surface area contributed by atoms with Gasteiger partial charge in [0.15, 0.2) is 0 Å². The number of rotatable bonds is 8. The van der Waals surface area contributed by atoms with Crippen molar-refractivity contribution in [2.24, 2.45) is 5.92 Å². The number of carbonyl (C=O) groups excluding carboxylic acids is 1. The van der Waals surface area contributed by atoms with Gasteiger partial charge in [-0.15, -0.1) is 6.58 Å². The van der Waals surface area contributed by atoms with E-state index in [2.05, 4.69) is 18.0 Å². The molecule has 1 N–H and O–H groups in total. The van der Waals surface area contributed by atoms with Crippen molar-refractivity contribution in [3.05, 3.63) is 48.0 Å². The highest BCUT2D eigenvalue weighted by Gasteiger charge is 2.37. The molecule has 0 radical (unpaired) electrons. The average Bonchev–Trinajstić information content (AvgIpc) is 2.93. The van der Waals surface area contributed by atoms with Crippen LogP contribution in [0.3, 0.4) is 0 Å². The lowest BCUT2D eigenvalue weighted by Gasteiger charge is -2.25. The molecule has 5 heteroatoms. The molecule has 122 valence electrons. The van der Waals surface area contributed by atoms with Gasteiger partial charge in [0, 0.05) is 32.8 Å². The zero-order valence-corrected chi connectivity index (χ0v) is 13.5. The molecular weight excluding hydrogens is 290 g/mol. The van der Waals surface area contributed by atoms with E-state index in [1.807, 2.05) is 17.0 Å². The predicted octanol–water partition coefficient (Wildman–Crippen LogP) is 1.87. The fourth-order valence-electron chi connectivity index (χ4n) is 2.98. The summed E-state index contributed by atoms with van der Waals surface area (Å²) in [5.74, 6) is 0.0592. The molecule has 2 atom stereocenters. The first-order chi connectivity index (χ1) is 11.2. The molecule has 2 rings (SSSR count). The number of hydrogen-bond donors (Lipinski definition) is 1. The van der Waals surface area contributed by atoms with E-state index in [1.54, 1.807) is 25.3 Å². The van der Waals surface area contributed by atoms with Crippen molar-refractivity contribution in [3.8, 4) is 6.07 Å². The lowest BCUT2D eigenvalue weighted by molar-refractivity contribution is -0.131. The van der Waals surface area contributed by atoms with E-state index < -0.39 is 0 Å². The molecule has 0 aliphatic carbocycles. The molecule has 1 heterocycles. The predicted molar refractivity (Wildman–Crippen MR) is 88.7 cm³/mol. The van der Waals surface area contributed by atoms with Crippen LogP contribution in [0.15, 0.2) is 36.9 Å². The molecule has 0 spiro atoms. The Morgan fingerprint density at radius 3 is 2.87 bits per heavy atom. The fourth-order valence-corrected chi connectivity index (χ4v) is 2.98. The number of likely N-dealkylation sites (tertiary alicyclic amines) is 1. The van der Waals surface area contributed by atoms with Crippen molar-refractivity contribution in [1.29, 1.82) is 5.26 Å². The third-order valence-corrected chi connectivity index (χ3v) is 4.16. The fraction of sp³-hybridized carbons (Fsp3) is 0.444. The van der Waals surface area contributed by atoms with Crippen molar-refractivity contribution in [2.75, 3.05) is 33.4 Å². The Balaban J connectivity index is 2.18. The molecular formula is C18H23N3O2. The van der Waals surface area contributed by atoms with Crippen LogP contribution >= 0.6 is 0 Å². The van der Waals surface area contributed by atoms with Crippen molar-refractivity contribution in [3.63, 3.8) is 0 Å². The van der Waals surface area contributed by atoms with E-state index in [9.17, 15) is 4.79 Å². The molecule has 0 unspecified atom stereocenters. The van der Waals surface area contributed by atoms with Crippen LogP contribution in [-0.2, 0) is 9.53 Å². The Morgan fingerprint density at radius 1 is 1.52 bits per heavy atom. The molecule has 1 fully saturated rings. The highest BCUT2D eigenvalue weighted by Crippen LogP contribution is 2.31. The number of methoxy groups -OCH3 is 1. The molecule has 1 aromatic rings. The summed E-state index contributed by atoms with van der Waals surface area (Å²) in [5, 5.41) is 12.4. The molecule has 1 aromatic carbocycles. The Bertz CT molecular complexity index is 577. The van der Waals surface area contributed by atoms with Gasteiger partial charge >= 0.3 is 0 Å². The summed E-state index contributed by atoms with van der Waals surface area (Å²) in [4.78, 5) is 14.5. The minimum Gasteiger partial charge on any atom is -0.383 e. The number of amides is 1. The zero-order chi connectivity index (χ0) is 16.7. The zero-order valence-electron chi connectivity index (χ0n) is 13.5. The first-order valence-electron chi connectivity index (χ1n) is 7.83. The quantitative estimate of drug-likeness (QED) is 0.588. The molecule has 1 aliphatic heterocycles. The van der Waals surface area contributed by atoms with E-state index in [0.717, 1.165) is 18.5 Å². The van der Waals surface area contributed by atoms with Crippen LogP contribution in [-0.4, -0.2) is 44.2 Å². The van der Waals surface area contributed by atoms with Crippen LogP contribution in [0.2, 0.25) is 0 Å². The first kappa shape index (κ1) is 17.2. The molecule has 0 saturated carbocycles. The van der Waals surface area contributed by atoms with Gasteiger partial charge in [0.05, 0.1) is 24.2 Å². The minimum atomic E-state index is -0.0975. The van der Waals surface area contributed by atoms with Crippen molar-refractivity contribution in [2.45, 2.75) is 12.5 Å². The SMILES string of the molecule is C=CCN1CC[C@@H]([C@@H](NCCOC)c2ccc(C#N)cc2)C1=O. The van der Waals surface area contributed by atoms with Gasteiger partial charge in [-0.2, -0.15) is 5.26 Å². The van der Waals surface area contributed by atoms with E-state index in [4.69, 9.17) is 10.00 Å². The maximum absolute atomic E-state index is 12.6. The summed E-state index contributed by atoms with van der Waals surface area (Å²) in [7, 11) is 1.66. The molecule has 0 bridgehead atoms. The van der Waals surface area contributed by atoms with Crippen molar-refractivity contribution in [1.82, 2.24) is 10.2 Å². The van der Waals surface area contributed by atoms with Gasteiger partial charge in [-0.05, 0) is 24.1 Å². The van der Waals surface area contributed by atoms with Crippen LogP contribution in [0.1, 0.15) is 23.6 Å². The van der Waals surface area contributed by atoms with Gasteiger partial charge in [0.25, 0.3) is 0 Å². The topological polar surface area (TPSA) is 65.4 Å². The number of nitrogens with zero attached hydrogens (tertiary/aromatic N) is 2. The Hall–Kier alpha value is -2.16. The summed E-state index contributed by atoms with van der Waals surface area (Å²) in [6, 6.07) is 9.48. The number of ether oxygens (including phenoxy) is 1. The summed E-state index contributed by atoms with van der Waals surface area (Å²) in [6.07, 6.45) is 2.58. The van der Waals surface area contributed by atoms with Gasteiger partial charge in [-0.3, -0.25) is 4.79 Å². The monoisotopic (exact) mass is 313 g/mol. The highest BCUT2D eigenvalue weighted by atomic mass is 16.5. The summed E-state index contributed by atoms with van der Waals surface area (Å²) < 4.78 is 5.10. The molecule has 1 aliphatic rings. The smallest absolute Gasteiger partial charge is 0.227 e. The summed E-state index contributed by atoms with van der Waals surface area (Å²) in [5.41, 5.74) is 1.65. The maximum Gasteiger partial charge on any atom is 0.227 e. The molecule has 1 saturated heterocycles. The third kappa shape index (κ3) is 4.19. The van der Waals surface area contributed by atoms with E-state index >= 15 is 0 Å². The Morgan fingerprint density at radius 2 is 2.26 bits per heavy atom. The van der Waals surface area contributed by atoms with Crippen LogP contribution in [0, 0.1) is 17.2 Å². The third-order valence-electron chi connectivity index (χ3n) is 4.16. The van der Waals surface area contributed by atoms with Crippen LogP contribution < -0.4 is 5.32 Å². The number of benzene rings is 1. The minimum absolute atomic E-state index is 0.0693. The maximum atomic E-state index is 12.6. The second kappa shape index (κ2) is 8.47. The lowest BCUT2D eigenvalue weighted by atomic mass is 9.91. The normalized spacial score (nSPS) is 18.7. The number of carbonyl (C=O) groups is 1. The molecule has 23 heavy (non-hydrogen) atoms. The van der Waals surface area contributed by atoms with Crippen molar-refractivity contribution < 1.29 is 9.53 Å². The van der Waals surface area contributed by atoms with Crippen LogP contribution in [0.4, 0.5) is 0 Å². The Kier molecular flexibility index (Phi) is 6.33. The van der Waals surface area contributed by atoms with Gasteiger partial charge in [-0.1, -0.05) is 18.2 Å². The standard InChI is InChI=1S/C18H23N3O2/c1-3-10-21-11-8-16(18(21)22)17(20-9-12-23-2)15-6-4-14(13-19)5-7-15/h3-7,16-17,20H,1,8-12H2,2H3/t16-,17-/m0/s1. The van der Waals surface area contributed by atoms with E-state index in [-0.39, 0.29) is 17.9 Å². The van der Waals surface area contributed by atoms with Gasteiger partial charge in [0.1, 0.15) is 0 Å². The molecule has 0 aromatic heterocycles. The first-order valence-corrected chi connectivity index (χ1v) is 7.83. The second-order valence-corrected chi connectivity index (χ2v) is 5.63. The largest absolute Gasteiger partial charge is 0.383 e. The van der Waals surface area contributed by atoms with Gasteiger partial charge < -0.3 is 15.0 Å². The van der Waals surface area contributed by atoms with Gasteiger partial charge in [-0.25, -0.2) is 0 Å². The highest BCUT2D eigenvalue weighted by molar-refractivity contribution is 5.82. The second-order valence-electron chi connectivity index (χ2n) is 5.63. The summed E-state index contributed by atoms with van der Waals surface area (Å²) in [6.45, 7) is 6.32. The van der Waals surface area contributed by atoms with Crippen molar-refractivity contribution >= 4 is 5.91 Å². The van der Waals surface area contributed by atoms with Crippen LogP contribution in [0.25, 0.3) is 0 Å². The van der Waals surface area contributed by atoms with Gasteiger partial charge in [0.2, 0.25) is 5.91 Å². The molecule has 5 nitrogen and oxygen atoms in total. The molecule has 1 amide bonds. The van der Waals surface area contributed by atoms with E-state index in [0.29, 0.717) is 25.3 Å².